The number of benzene rings is 1. The minimum Gasteiger partial charge on any atom is -0.374 e. The molecule has 1 aromatic carbocycles. The van der Waals surface area contributed by atoms with Crippen LogP contribution in [0.4, 0.5) is 11.4 Å². The first kappa shape index (κ1) is 12.8. The van der Waals surface area contributed by atoms with E-state index in [-0.39, 0.29) is 16.1 Å². The molecule has 1 aliphatic rings. The van der Waals surface area contributed by atoms with Crippen molar-refractivity contribution in [2.75, 3.05) is 5.32 Å². The topological polar surface area (TPSA) is 68.1 Å². The van der Waals surface area contributed by atoms with Gasteiger partial charge in [0.2, 0.25) is 0 Å². The molecule has 5 heteroatoms. The van der Waals surface area contributed by atoms with Gasteiger partial charge in [-0.2, -0.15) is 0 Å². The summed E-state index contributed by atoms with van der Waals surface area (Å²) in [6.07, 6.45) is 3.70. The van der Waals surface area contributed by atoms with Crippen LogP contribution in [0.25, 0.3) is 10.9 Å². The fraction of sp³-hybridized carbons (Fsp3) is 0.400. The van der Waals surface area contributed by atoms with Crippen molar-refractivity contribution in [1.29, 1.82) is 0 Å². The Morgan fingerprint density at radius 2 is 2.05 bits per heavy atom. The molecule has 1 aliphatic carbocycles. The van der Waals surface area contributed by atoms with E-state index in [4.69, 9.17) is 0 Å². The van der Waals surface area contributed by atoms with E-state index >= 15 is 0 Å². The number of hydrogen-bond acceptors (Lipinski definition) is 4. The van der Waals surface area contributed by atoms with Gasteiger partial charge in [0, 0.05) is 10.9 Å². The van der Waals surface area contributed by atoms with Crippen LogP contribution in [0.15, 0.2) is 30.5 Å². The number of hydrogen-bond donors (Lipinski definition) is 1. The molecule has 1 N–H and O–H groups in total. The molecular weight excluding hydrogens is 254 g/mol. The van der Waals surface area contributed by atoms with Crippen LogP contribution in [0.2, 0.25) is 0 Å². The first-order chi connectivity index (χ1) is 9.49. The molecule has 0 atom stereocenters. The molecule has 5 nitrogen and oxygen atoms in total. The van der Waals surface area contributed by atoms with E-state index in [0.29, 0.717) is 11.6 Å². The van der Waals surface area contributed by atoms with E-state index < -0.39 is 0 Å². The monoisotopic (exact) mass is 271 g/mol. The molecule has 0 bridgehead atoms. The van der Waals surface area contributed by atoms with Crippen molar-refractivity contribution >= 4 is 22.3 Å². The summed E-state index contributed by atoms with van der Waals surface area (Å²) in [5.41, 5.74) is 1.25. The second kappa shape index (κ2) is 4.44. The third kappa shape index (κ3) is 2.19. The molecule has 3 rings (SSSR count). The molecule has 0 aliphatic heterocycles. The molecule has 1 heterocycles. The Morgan fingerprint density at radius 1 is 1.35 bits per heavy atom. The van der Waals surface area contributed by atoms with Crippen molar-refractivity contribution < 1.29 is 4.92 Å². The summed E-state index contributed by atoms with van der Waals surface area (Å²) in [7, 11) is 0. The zero-order valence-electron chi connectivity index (χ0n) is 11.6. The van der Waals surface area contributed by atoms with Gasteiger partial charge < -0.3 is 5.32 Å². The van der Waals surface area contributed by atoms with Crippen molar-refractivity contribution in [3.05, 3.63) is 40.6 Å². The third-order valence-corrected chi connectivity index (χ3v) is 4.00. The number of nitrogens with one attached hydrogen (secondary N) is 1. The van der Waals surface area contributed by atoms with Gasteiger partial charge in [-0.15, -0.1) is 0 Å². The van der Waals surface area contributed by atoms with Crippen molar-refractivity contribution in [2.45, 2.75) is 32.2 Å². The third-order valence-electron chi connectivity index (χ3n) is 4.00. The van der Waals surface area contributed by atoms with Crippen LogP contribution in [-0.4, -0.2) is 15.4 Å². The molecule has 0 saturated heterocycles. The minimum atomic E-state index is -0.370. The van der Waals surface area contributed by atoms with Gasteiger partial charge in [-0.05, 0) is 38.7 Å². The normalized spacial score (nSPS) is 15.3. The Balaban J connectivity index is 2.14. The Hall–Kier alpha value is -2.17. The molecule has 0 amide bonds. The van der Waals surface area contributed by atoms with E-state index in [1.165, 1.54) is 19.0 Å². The SMILES string of the molecule is CC(C)(Nc1c([N+](=O)[O-])cnc2ccccc12)C1CC1. The highest BCUT2D eigenvalue weighted by Gasteiger charge is 2.39. The lowest BCUT2D eigenvalue weighted by Crippen LogP contribution is -2.33. The van der Waals surface area contributed by atoms with Crippen molar-refractivity contribution in [3.63, 3.8) is 0 Å². The molecule has 1 aromatic heterocycles. The Labute approximate surface area is 117 Å². The zero-order valence-corrected chi connectivity index (χ0v) is 11.6. The van der Waals surface area contributed by atoms with Crippen LogP contribution in [0, 0.1) is 16.0 Å². The number of pyridine rings is 1. The number of fused-ring (bicyclic) bond motifs is 1. The largest absolute Gasteiger partial charge is 0.374 e. The number of nitrogens with zero attached hydrogens (tertiary/aromatic N) is 2. The van der Waals surface area contributed by atoms with Gasteiger partial charge in [-0.3, -0.25) is 10.1 Å². The molecule has 104 valence electrons. The fourth-order valence-electron chi connectivity index (χ4n) is 2.63. The summed E-state index contributed by atoms with van der Waals surface area (Å²) in [6.45, 7) is 4.20. The van der Waals surface area contributed by atoms with Crippen LogP contribution >= 0.6 is 0 Å². The van der Waals surface area contributed by atoms with Crippen LogP contribution in [0.3, 0.4) is 0 Å². The quantitative estimate of drug-likeness (QED) is 0.679. The number of rotatable bonds is 4. The lowest BCUT2D eigenvalue weighted by molar-refractivity contribution is -0.384. The van der Waals surface area contributed by atoms with Crippen molar-refractivity contribution in [2.24, 2.45) is 5.92 Å². The molecule has 1 saturated carbocycles. The second-order valence-corrected chi connectivity index (χ2v) is 5.91. The molecule has 0 spiro atoms. The van der Waals surface area contributed by atoms with E-state index in [1.807, 2.05) is 24.3 Å². The van der Waals surface area contributed by atoms with E-state index in [9.17, 15) is 10.1 Å². The van der Waals surface area contributed by atoms with Crippen molar-refractivity contribution in [3.8, 4) is 0 Å². The van der Waals surface area contributed by atoms with Gasteiger partial charge in [-0.25, -0.2) is 4.98 Å². The second-order valence-electron chi connectivity index (χ2n) is 5.91. The number of para-hydroxylation sites is 1. The molecular formula is C15H17N3O2. The highest BCUT2D eigenvalue weighted by Crippen LogP contribution is 2.43. The molecule has 2 aromatic rings. The highest BCUT2D eigenvalue weighted by atomic mass is 16.6. The predicted octanol–water partition coefficient (Wildman–Crippen LogP) is 3.74. The van der Waals surface area contributed by atoms with Crippen LogP contribution in [-0.2, 0) is 0 Å². The molecule has 0 unspecified atom stereocenters. The first-order valence-electron chi connectivity index (χ1n) is 6.79. The molecule has 20 heavy (non-hydrogen) atoms. The summed E-state index contributed by atoms with van der Waals surface area (Å²) in [4.78, 5) is 15.1. The summed E-state index contributed by atoms with van der Waals surface area (Å²) in [6, 6.07) is 7.51. The van der Waals surface area contributed by atoms with Gasteiger partial charge in [0.05, 0.1) is 10.4 Å². The molecule has 0 radical (unpaired) electrons. The van der Waals surface area contributed by atoms with Crippen molar-refractivity contribution in [1.82, 2.24) is 4.98 Å². The summed E-state index contributed by atoms with van der Waals surface area (Å²) in [5.74, 6) is 0.578. The Kier molecular flexibility index (Phi) is 2.85. The lowest BCUT2D eigenvalue weighted by atomic mass is 9.97. The lowest BCUT2D eigenvalue weighted by Gasteiger charge is -2.27. The van der Waals surface area contributed by atoms with Gasteiger partial charge in [0.25, 0.3) is 0 Å². The van der Waals surface area contributed by atoms with Crippen LogP contribution in [0.1, 0.15) is 26.7 Å². The summed E-state index contributed by atoms with van der Waals surface area (Å²) >= 11 is 0. The number of aromatic nitrogens is 1. The standard InChI is InChI=1S/C15H17N3O2/c1-15(2,10-7-8-10)17-14-11-5-3-4-6-12(11)16-9-13(14)18(19)20/h3-6,9-10H,7-8H2,1-2H3,(H,16,17). The number of nitro groups is 1. The van der Waals surface area contributed by atoms with E-state index in [0.717, 1.165) is 10.9 Å². The maximum absolute atomic E-state index is 11.3. The smallest absolute Gasteiger partial charge is 0.311 e. The Bertz CT molecular complexity index is 678. The molecule has 1 fully saturated rings. The Morgan fingerprint density at radius 3 is 2.70 bits per heavy atom. The average molecular weight is 271 g/mol. The van der Waals surface area contributed by atoms with Gasteiger partial charge in [0.1, 0.15) is 11.9 Å². The average Bonchev–Trinajstić information content (AvgIpc) is 3.23. The van der Waals surface area contributed by atoms with E-state index in [2.05, 4.69) is 24.1 Å². The summed E-state index contributed by atoms with van der Waals surface area (Å²) in [5, 5.41) is 15.5. The first-order valence-corrected chi connectivity index (χ1v) is 6.79. The highest BCUT2D eigenvalue weighted by molar-refractivity contribution is 5.95. The zero-order chi connectivity index (χ0) is 14.3. The van der Waals surface area contributed by atoms with E-state index in [1.54, 1.807) is 0 Å². The van der Waals surface area contributed by atoms with Gasteiger partial charge >= 0.3 is 5.69 Å². The maximum Gasteiger partial charge on any atom is 0.311 e. The fourth-order valence-corrected chi connectivity index (χ4v) is 2.63. The maximum atomic E-state index is 11.3. The van der Waals surface area contributed by atoms with Crippen LogP contribution in [0.5, 0.6) is 0 Å². The summed E-state index contributed by atoms with van der Waals surface area (Å²) < 4.78 is 0. The van der Waals surface area contributed by atoms with Crippen LogP contribution < -0.4 is 5.32 Å². The minimum absolute atomic E-state index is 0.0393. The number of anilines is 1. The van der Waals surface area contributed by atoms with Gasteiger partial charge in [0.15, 0.2) is 0 Å². The predicted molar refractivity (Wildman–Crippen MR) is 78.8 cm³/mol. The van der Waals surface area contributed by atoms with Gasteiger partial charge in [-0.1, -0.05) is 18.2 Å².